The van der Waals surface area contributed by atoms with Crippen LogP contribution in [0.2, 0.25) is 0 Å². The average molecular weight is 622 g/mol. The summed E-state index contributed by atoms with van der Waals surface area (Å²) in [5.41, 5.74) is 4.20. The van der Waals surface area contributed by atoms with Gasteiger partial charge in [-0.2, -0.15) is 9.78 Å². The number of hydrogen-bond acceptors (Lipinski definition) is 7. The molecule has 1 heterocycles. The molecule has 0 saturated heterocycles. The standard InChI is InChI=1S/C36H36FN5O4/c1-22(2)27-19-28(23(3)17-33(27)45-6)35-40-30-13-9-7-11-26(30)36(44)42(35)38-20-24-15-16-25(41(4)5)18-32(24)46-21-34(43)39-31-14-10-8-12-29(31)37/h7-20,22H,21H2,1-6H3,(H,39,43). The molecule has 1 N–H and O–H groups in total. The molecule has 9 nitrogen and oxygen atoms in total. The van der Waals surface area contributed by atoms with Crippen molar-refractivity contribution in [1.29, 1.82) is 0 Å². The molecule has 0 atom stereocenters. The van der Waals surface area contributed by atoms with Gasteiger partial charge in [-0.25, -0.2) is 9.37 Å². The molecule has 10 heteroatoms. The van der Waals surface area contributed by atoms with Crippen molar-refractivity contribution in [2.45, 2.75) is 26.7 Å². The molecule has 1 aromatic heterocycles. The van der Waals surface area contributed by atoms with Gasteiger partial charge in [0, 0.05) is 37.0 Å². The van der Waals surface area contributed by atoms with Crippen LogP contribution in [-0.4, -0.2) is 49.6 Å². The van der Waals surface area contributed by atoms with Crippen LogP contribution in [0.3, 0.4) is 0 Å². The van der Waals surface area contributed by atoms with E-state index in [9.17, 15) is 14.0 Å². The van der Waals surface area contributed by atoms with Gasteiger partial charge in [-0.15, -0.1) is 0 Å². The summed E-state index contributed by atoms with van der Waals surface area (Å²) in [6, 6.07) is 22.4. The Morgan fingerprint density at radius 1 is 1.04 bits per heavy atom. The van der Waals surface area contributed by atoms with Crippen LogP contribution >= 0.6 is 0 Å². The summed E-state index contributed by atoms with van der Waals surface area (Å²) in [7, 11) is 5.40. The number of rotatable bonds is 10. The van der Waals surface area contributed by atoms with Crippen LogP contribution in [-0.2, 0) is 4.79 Å². The summed E-state index contributed by atoms with van der Waals surface area (Å²) in [6.07, 6.45) is 1.51. The zero-order chi connectivity index (χ0) is 33.0. The number of aryl methyl sites for hydroxylation is 1. The fourth-order valence-corrected chi connectivity index (χ4v) is 5.02. The number of halogens is 1. The van der Waals surface area contributed by atoms with Gasteiger partial charge in [0.1, 0.15) is 17.3 Å². The Balaban J connectivity index is 1.57. The fraction of sp³-hybridized carbons (Fsp3) is 0.222. The number of methoxy groups -OCH3 is 1. The lowest BCUT2D eigenvalue weighted by molar-refractivity contribution is -0.118. The maximum atomic E-state index is 14.1. The summed E-state index contributed by atoms with van der Waals surface area (Å²) < 4.78 is 26.9. The highest BCUT2D eigenvalue weighted by atomic mass is 19.1. The molecule has 0 aliphatic heterocycles. The Bertz CT molecular complexity index is 2000. The second-order valence-corrected chi connectivity index (χ2v) is 11.3. The minimum atomic E-state index is -0.545. The number of benzene rings is 4. The van der Waals surface area contributed by atoms with Crippen molar-refractivity contribution in [1.82, 2.24) is 9.66 Å². The maximum Gasteiger partial charge on any atom is 0.282 e. The Hall–Kier alpha value is -5.51. The van der Waals surface area contributed by atoms with E-state index in [1.54, 1.807) is 49.6 Å². The zero-order valence-corrected chi connectivity index (χ0v) is 26.7. The lowest BCUT2D eigenvalue weighted by Crippen LogP contribution is -2.22. The van der Waals surface area contributed by atoms with Crippen molar-refractivity contribution in [2.24, 2.45) is 5.10 Å². The first kappa shape index (κ1) is 31.9. The number of amides is 1. The maximum absolute atomic E-state index is 14.1. The lowest BCUT2D eigenvalue weighted by Gasteiger charge is -2.18. The third kappa shape index (κ3) is 6.76. The van der Waals surface area contributed by atoms with E-state index in [4.69, 9.17) is 14.5 Å². The number of fused-ring (bicyclic) bond motifs is 1. The molecule has 0 unspecified atom stereocenters. The largest absolute Gasteiger partial charge is 0.496 e. The van der Waals surface area contributed by atoms with Gasteiger partial charge >= 0.3 is 0 Å². The first-order valence-corrected chi connectivity index (χ1v) is 14.8. The van der Waals surface area contributed by atoms with Crippen molar-refractivity contribution in [3.8, 4) is 22.9 Å². The van der Waals surface area contributed by atoms with E-state index in [-0.39, 0.29) is 23.8 Å². The number of anilines is 2. The van der Waals surface area contributed by atoms with E-state index in [2.05, 4.69) is 24.3 Å². The molecule has 0 radical (unpaired) electrons. The number of aromatic nitrogens is 2. The third-order valence-electron chi connectivity index (χ3n) is 7.53. The fourth-order valence-electron chi connectivity index (χ4n) is 5.02. The summed E-state index contributed by atoms with van der Waals surface area (Å²) in [5.74, 6) is 0.566. The van der Waals surface area contributed by atoms with E-state index in [1.165, 1.54) is 23.0 Å². The molecule has 236 valence electrons. The first-order chi connectivity index (χ1) is 22.1. The number of ether oxygens (including phenoxy) is 2. The van der Waals surface area contributed by atoms with Crippen LogP contribution in [0.4, 0.5) is 15.8 Å². The summed E-state index contributed by atoms with van der Waals surface area (Å²) in [6.45, 7) is 5.71. The molecular weight excluding hydrogens is 585 g/mol. The molecule has 0 fully saturated rings. The van der Waals surface area contributed by atoms with Crippen LogP contribution in [0.1, 0.15) is 36.5 Å². The van der Waals surface area contributed by atoms with Gasteiger partial charge in [0.05, 0.1) is 29.9 Å². The Morgan fingerprint density at radius 3 is 2.50 bits per heavy atom. The highest BCUT2D eigenvalue weighted by Gasteiger charge is 2.19. The van der Waals surface area contributed by atoms with E-state index in [0.717, 1.165) is 28.1 Å². The quantitative estimate of drug-likeness (QED) is 0.176. The highest BCUT2D eigenvalue weighted by molar-refractivity contribution is 5.92. The minimum absolute atomic E-state index is 0.0603. The van der Waals surface area contributed by atoms with E-state index in [0.29, 0.717) is 28.0 Å². The summed E-state index contributed by atoms with van der Waals surface area (Å²) in [4.78, 5) is 33.3. The number of para-hydroxylation sites is 2. The molecule has 0 aliphatic carbocycles. The summed E-state index contributed by atoms with van der Waals surface area (Å²) >= 11 is 0. The Morgan fingerprint density at radius 2 is 1.78 bits per heavy atom. The van der Waals surface area contributed by atoms with Gasteiger partial charge in [-0.3, -0.25) is 9.59 Å². The van der Waals surface area contributed by atoms with Crippen molar-refractivity contribution in [2.75, 3.05) is 38.0 Å². The number of carbonyl (C=O) groups excluding carboxylic acids is 1. The van der Waals surface area contributed by atoms with Gasteiger partial charge in [-0.1, -0.05) is 38.1 Å². The predicted octanol–water partition coefficient (Wildman–Crippen LogP) is 6.61. The number of nitrogens with zero attached hydrogens (tertiary/aromatic N) is 4. The van der Waals surface area contributed by atoms with Crippen molar-refractivity contribution in [3.05, 3.63) is 112 Å². The molecule has 0 aliphatic rings. The van der Waals surface area contributed by atoms with Crippen LogP contribution in [0, 0.1) is 12.7 Å². The van der Waals surface area contributed by atoms with Gasteiger partial charge in [0.15, 0.2) is 12.4 Å². The molecular formula is C36H36FN5O4. The molecule has 0 bridgehead atoms. The average Bonchev–Trinajstić information content (AvgIpc) is 3.04. The first-order valence-electron chi connectivity index (χ1n) is 14.8. The van der Waals surface area contributed by atoms with E-state index >= 15 is 0 Å². The Kier molecular flexibility index (Phi) is 9.46. The molecule has 1 amide bonds. The smallest absolute Gasteiger partial charge is 0.282 e. The van der Waals surface area contributed by atoms with Gasteiger partial charge < -0.3 is 19.7 Å². The predicted molar refractivity (Wildman–Crippen MR) is 181 cm³/mol. The van der Waals surface area contributed by atoms with Gasteiger partial charge in [-0.05, 0) is 72.5 Å². The monoisotopic (exact) mass is 621 g/mol. The topological polar surface area (TPSA) is 98.1 Å². The number of nitrogens with one attached hydrogen (secondary N) is 1. The molecule has 46 heavy (non-hydrogen) atoms. The Labute approximate surface area is 266 Å². The molecule has 5 aromatic rings. The molecule has 5 rings (SSSR count). The minimum Gasteiger partial charge on any atom is -0.496 e. The van der Waals surface area contributed by atoms with Crippen LogP contribution < -0.4 is 25.2 Å². The lowest BCUT2D eigenvalue weighted by atomic mass is 9.96. The SMILES string of the molecule is COc1cc(C)c(-c2nc3ccccc3c(=O)n2N=Cc2ccc(N(C)C)cc2OCC(=O)Nc2ccccc2F)cc1C(C)C. The second kappa shape index (κ2) is 13.6. The van der Waals surface area contributed by atoms with E-state index in [1.807, 2.05) is 50.2 Å². The molecule has 0 spiro atoms. The summed E-state index contributed by atoms with van der Waals surface area (Å²) in [5, 5.41) is 7.59. The third-order valence-corrected chi connectivity index (χ3v) is 7.53. The second-order valence-electron chi connectivity index (χ2n) is 11.3. The van der Waals surface area contributed by atoms with Crippen molar-refractivity contribution in [3.63, 3.8) is 0 Å². The van der Waals surface area contributed by atoms with Gasteiger partial charge in [0.2, 0.25) is 0 Å². The highest BCUT2D eigenvalue weighted by Crippen LogP contribution is 2.34. The van der Waals surface area contributed by atoms with Crippen LogP contribution in [0.15, 0.2) is 88.8 Å². The molecule has 0 saturated carbocycles. The van der Waals surface area contributed by atoms with E-state index < -0.39 is 11.7 Å². The van der Waals surface area contributed by atoms with Crippen molar-refractivity contribution >= 4 is 34.4 Å². The van der Waals surface area contributed by atoms with Crippen molar-refractivity contribution < 1.29 is 18.7 Å². The van der Waals surface area contributed by atoms with Crippen LogP contribution in [0.5, 0.6) is 11.5 Å². The number of hydrogen-bond donors (Lipinski definition) is 1. The molecule has 4 aromatic carbocycles. The van der Waals surface area contributed by atoms with Crippen LogP contribution in [0.25, 0.3) is 22.3 Å². The van der Waals surface area contributed by atoms with Gasteiger partial charge in [0.25, 0.3) is 11.5 Å². The normalized spacial score (nSPS) is 11.3. The number of carbonyl (C=O) groups is 1. The zero-order valence-electron chi connectivity index (χ0n) is 26.7.